The fourth-order valence-corrected chi connectivity index (χ4v) is 3.94. The molecule has 3 atom stereocenters. The number of hydrogen-bond acceptors (Lipinski definition) is 2. The van der Waals surface area contributed by atoms with Gasteiger partial charge in [0.1, 0.15) is 0 Å². The molecule has 0 amide bonds. The molecule has 2 fully saturated rings. The monoisotopic (exact) mass is 328 g/mol. The van der Waals surface area contributed by atoms with Crippen molar-refractivity contribution in [3.05, 3.63) is 23.8 Å². The molecule has 0 bridgehead atoms. The molecule has 2 rings (SSSR count). The van der Waals surface area contributed by atoms with Crippen LogP contribution in [0.15, 0.2) is 23.8 Å². The van der Waals surface area contributed by atoms with Crippen molar-refractivity contribution in [3.8, 4) is 12.3 Å². The minimum Gasteiger partial charge on any atom is -0.445 e. The summed E-state index contributed by atoms with van der Waals surface area (Å²) in [5, 5.41) is 0. The summed E-state index contributed by atoms with van der Waals surface area (Å²) >= 11 is 0. The van der Waals surface area contributed by atoms with E-state index in [1.54, 1.807) is 0 Å². The highest BCUT2D eigenvalue weighted by atomic mass is 16.5. The molecular weight excluding hydrogens is 296 g/mol. The molecule has 0 aromatic rings. The molecule has 132 valence electrons. The van der Waals surface area contributed by atoms with E-state index in [0.29, 0.717) is 0 Å². The Hall–Kier alpha value is -1.49. The fraction of sp³-hybridized carbons (Fsp3) is 0.682. The smallest absolute Gasteiger partial charge is 0.311 e. The lowest BCUT2D eigenvalue weighted by Gasteiger charge is -2.19. The highest BCUT2D eigenvalue weighted by Crippen LogP contribution is 2.59. The highest BCUT2D eigenvalue weighted by molar-refractivity contribution is 5.78. The van der Waals surface area contributed by atoms with E-state index in [0.717, 1.165) is 12.3 Å². The third kappa shape index (κ3) is 4.76. The number of esters is 1. The van der Waals surface area contributed by atoms with Crippen molar-refractivity contribution in [1.29, 1.82) is 0 Å². The molecule has 2 nitrogen and oxygen atoms in total. The van der Waals surface area contributed by atoms with Gasteiger partial charge in [0.15, 0.2) is 6.10 Å². The molecule has 0 radical (unpaired) electrons. The maximum atomic E-state index is 12.5. The molecule has 2 heteroatoms. The van der Waals surface area contributed by atoms with Gasteiger partial charge in [0.2, 0.25) is 0 Å². The van der Waals surface area contributed by atoms with Crippen LogP contribution < -0.4 is 0 Å². The van der Waals surface area contributed by atoms with Crippen LogP contribution in [0, 0.1) is 35.5 Å². The van der Waals surface area contributed by atoms with Crippen molar-refractivity contribution >= 4 is 5.97 Å². The lowest BCUT2D eigenvalue weighted by molar-refractivity contribution is -0.147. The van der Waals surface area contributed by atoms with Crippen molar-refractivity contribution < 1.29 is 9.53 Å². The average molecular weight is 328 g/mol. The largest absolute Gasteiger partial charge is 0.445 e. The summed E-state index contributed by atoms with van der Waals surface area (Å²) in [7, 11) is 0. The van der Waals surface area contributed by atoms with Gasteiger partial charge in [-0.05, 0) is 43.6 Å². The Morgan fingerprint density at radius 3 is 2.54 bits per heavy atom. The molecule has 2 saturated carbocycles. The Kier molecular flexibility index (Phi) is 6.33. The molecule has 0 heterocycles. The number of carbonyl (C=O) groups excluding carboxylic acids is 1. The van der Waals surface area contributed by atoms with Crippen LogP contribution in [0.25, 0.3) is 0 Å². The van der Waals surface area contributed by atoms with Crippen LogP contribution in [0.5, 0.6) is 0 Å². The second-order valence-electron chi connectivity index (χ2n) is 8.26. The molecule has 0 saturated heterocycles. The standard InChI is InChI=1S/C22H32O2/c1-6-18(14-10-13-17-11-8-7-9-12-17)24-21(23)20-19(15-16(2)3)22(20,4)5/h1,10,14-15,17-20H,7-9,11-13H2,2-5H3/b14-10+. The Bertz CT molecular complexity index is 537. The van der Waals surface area contributed by atoms with Crippen LogP contribution in [-0.2, 0) is 9.53 Å². The summed E-state index contributed by atoms with van der Waals surface area (Å²) in [6.07, 6.45) is 18.9. The van der Waals surface area contributed by atoms with Gasteiger partial charge in [-0.3, -0.25) is 4.79 Å². The predicted octanol–water partition coefficient (Wildman–Crippen LogP) is 5.30. The number of terminal acetylenes is 1. The minimum absolute atomic E-state index is 0.0285. The number of hydrogen-bond donors (Lipinski definition) is 0. The molecule has 0 aromatic heterocycles. The average Bonchev–Trinajstić information content (AvgIpc) is 3.07. The second kappa shape index (κ2) is 8.06. The number of rotatable bonds is 6. The minimum atomic E-state index is -0.537. The van der Waals surface area contributed by atoms with Crippen LogP contribution in [0.2, 0.25) is 0 Å². The maximum absolute atomic E-state index is 12.5. The van der Waals surface area contributed by atoms with E-state index in [9.17, 15) is 4.79 Å². The van der Waals surface area contributed by atoms with Crippen molar-refractivity contribution in [3.63, 3.8) is 0 Å². The first-order chi connectivity index (χ1) is 11.4. The summed E-state index contributed by atoms with van der Waals surface area (Å²) in [5.74, 6) is 3.39. The van der Waals surface area contributed by atoms with E-state index in [1.807, 2.05) is 6.08 Å². The van der Waals surface area contributed by atoms with Gasteiger partial charge in [0, 0.05) is 0 Å². The van der Waals surface area contributed by atoms with Gasteiger partial charge in [-0.2, -0.15) is 0 Å². The van der Waals surface area contributed by atoms with Crippen molar-refractivity contribution in [1.82, 2.24) is 0 Å². The Morgan fingerprint density at radius 1 is 1.29 bits per heavy atom. The van der Waals surface area contributed by atoms with Gasteiger partial charge in [-0.15, -0.1) is 6.42 Å². The van der Waals surface area contributed by atoms with Crippen LogP contribution in [-0.4, -0.2) is 12.1 Å². The number of carbonyl (C=O) groups is 1. The van der Waals surface area contributed by atoms with Gasteiger partial charge in [-0.25, -0.2) is 0 Å². The van der Waals surface area contributed by atoms with Gasteiger partial charge in [0.25, 0.3) is 0 Å². The zero-order valence-corrected chi connectivity index (χ0v) is 15.7. The molecule has 24 heavy (non-hydrogen) atoms. The SMILES string of the molecule is C#CC(/C=C/CC1CCCCC1)OC(=O)C1C(C=C(C)C)C1(C)C. The summed E-state index contributed by atoms with van der Waals surface area (Å²) in [5.41, 5.74) is 1.21. The predicted molar refractivity (Wildman–Crippen MR) is 99.2 cm³/mol. The lowest BCUT2D eigenvalue weighted by atomic mass is 9.87. The van der Waals surface area contributed by atoms with Crippen molar-refractivity contribution in [2.24, 2.45) is 23.2 Å². The maximum Gasteiger partial charge on any atom is 0.311 e. The molecule has 3 unspecified atom stereocenters. The zero-order valence-electron chi connectivity index (χ0n) is 15.7. The number of allylic oxidation sites excluding steroid dienone is 3. The summed E-state index contributed by atoms with van der Waals surface area (Å²) in [6, 6.07) is 0. The second-order valence-corrected chi connectivity index (χ2v) is 8.26. The van der Waals surface area contributed by atoms with Crippen LogP contribution >= 0.6 is 0 Å². The zero-order chi connectivity index (χ0) is 17.7. The lowest BCUT2D eigenvalue weighted by Crippen LogP contribution is -2.18. The Labute approximate surface area is 147 Å². The first kappa shape index (κ1) is 18.8. The third-order valence-corrected chi connectivity index (χ3v) is 5.59. The molecule has 0 N–H and O–H groups in total. The molecule has 0 spiro atoms. The van der Waals surface area contributed by atoms with Crippen LogP contribution in [0.1, 0.15) is 66.2 Å². The van der Waals surface area contributed by atoms with Gasteiger partial charge in [-0.1, -0.05) is 69.6 Å². The first-order valence-corrected chi connectivity index (χ1v) is 9.34. The Balaban J connectivity index is 1.85. The molecule has 2 aliphatic rings. The van der Waals surface area contributed by atoms with E-state index >= 15 is 0 Å². The summed E-state index contributed by atoms with van der Waals surface area (Å²) in [6.45, 7) is 8.36. The third-order valence-electron chi connectivity index (χ3n) is 5.59. The van der Waals surface area contributed by atoms with E-state index in [2.05, 4.69) is 45.8 Å². The van der Waals surface area contributed by atoms with E-state index < -0.39 is 6.10 Å². The number of ether oxygens (including phenoxy) is 1. The quantitative estimate of drug-likeness (QED) is 0.376. The summed E-state index contributed by atoms with van der Waals surface area (Å²) in [4.78, 5) is 12.5. The summed E-state index contributed by atoms with van der Waals surface area (Å²) < 4.78 is 5.57. The molecule has 0 aromatic carbocycles. The normalized spacial score (nSPS) is 27.3. The van der Waals surface area contributed by atoms with E-state index in [1.165, 1.54) is 37.7 Å². The van der Waals surface area contributed by atoms with E-state index in [-0.39, 0.29) is 23.2 Å². The molecule has 2 aliphatic carbocycles. The van der Waals surface area contributed by atoms with Crippen molar-refractivity contribution in [2.75, 3.05) is 0 Å². The van der Waals surface area contributed by atoms with Crippen molar-refractivity contribution in [2.45, 2.75) is 72.3 Å². The van der Waals surface area contributed by atoms with Crippen LogP contribution in [0.4, 0.5) is 0 Å². The first-order valence-electron chi connectivity index (χ1n) is 9.34. The molecular formula is C22H32O2. The fourth-order valence-electron chi connectivity index (χ4n) is 3.94. The highest BCUT2D eigenvalue weighted by Gasteiger charge is 2.61. The Morgan fingerprint density at radius 2 is 1.96 bits per heavy atom. The van der Waals surface area contributed by atoms with Gasteiger partial charge < -0.3 is 4.74 Å². The topological polar surface area (TPSA) is 26.3 Å². The van der Waals surface area contributed by atoms with E-state index in [4.69, 9.17) is 11.2 Å². The molecule has 0 aliphatic heterocycles. The van der Waals surface area contributed by atoms with Crippen LogP contribution in [0.3, 0.4) is 0 Å². The van der Waals surface area contributed by atoms with Gasteiger partial charge >= 0.3 is 5.97 Å². The van der Waals surface area contributed by atoms with Gasteiger partial charge in [0.05, 0.1) is 5.92 Å².